The molecule has 0 aromatic carbocycles. The van der Waals surface area contributed by atoms with Crippen LogP contribution in [0.2, 0.25) is 0 Å². The van der Waals surface area contributed by atoms with Crippen molar-refractivity contribution in [2.24, 2.45) is 4.99 Å². The first-order chi connectivity index (χ1) is 5.38. The fourth-order valence-corrected chi connectivity index (χ4v) is 0.777. The fourth-order valence-electron chi connectivity index (χ4n) is 0.777. The minimum absolute atomic E-state index is 0.861. The number of allylic oxidation sites excluding steroid dienone is 1. The zero-order chi connectivity index (χ0) is 8.10. The number of nitrogens with zero attached hydrogens (tertiary/aromatic N) is 2. The van der Waals surface area contributed by atoms with Crippen LogP contribution in [0, 0.1) is 0 Å². The minimum Gasteiger partial charge on any atom is -0.309 e. The number of rotatable bonds is 3. The second kappa shape index (κ2) is 3.56. The van der Waals surface area contributed by atoms with Crippen LogP contribution < -0.4 is 0 Å². The van der Waals surface area contributed by atoms with Crippen molar-refractivity contribution in [3.05, 3.63) is 37.6 Å². The van der Waals surface area contributed by atoms with E-state index in [2.05, 4.69) is 18.2 Å². The molecule has 2 nitrogen and oxygen atoms in total. The van der Waals surface area contributed by atoms with Gasteiger partial charge in [0, 0.05) is 18.6 Å². The first kappa shape index (κ1) is 7.54. The van der Waals surface area contributed by atoms with Crippen LogP contribution >= 0.6 is 0 Å². The molecule has 0 radical (unpaired) electrons. The van der Waals surface area contributed by atoms with Gasteiger partial charge >= 0.3 is 0 Å². The third kappa shape index (κ3) is 1.67. The minimum atomic E-state index is 0.861. The molecule has 0 saturated heterocycles. The normalized spacial score (nSPS) is 10.2. The lowest BCUT2D eigenvalue weighted by molar-refractivity contribution is 1.16. The van der Waals surface area contributed by atoms with Crippen LogP contribution in [0.25, 0.3) is 6.20 Å². The molecule has 0 amide bonds. The van der Waals surface area contributed by atoms with Crippen molar-refractivity contribution in [2.75, 3.05) is 0 Å². The third-order valence-electron chi connectivity index (χ3n) is 1.27. The molecule has 1 heterocycles. The van der Waals surface area contributed by atoms with E-state index in [1.54, 1.807) is 18.5 Å². The molecule has 1 aromatic rings. The molecular formula is C9H10N2. The summed E-state index contributed by atoms with van der Waals surface area (Å²) in [5.74, 6) is 0.861. The van der Waals surface area contributed by atoms with E-state index in [0.717, 1.165) is 5.82 Å². The monoisotopic (exact) mass is 146 g/mol. The molecule has 0 saturated carbocycles. The zero-order valence-corrected chi connectivity index (χ0v) is 6.27. The Morgan fingerprint density at radius 3 is 2.91 bits per heavy atom. The SMILES string of the molecule is C=CC=Nc1cccn1C=C. The molecule has 1 rings (SSSR count). The van der Waals surface area contributed by atoms with E-state index in [-0.39, 0.29) is 0 Å². The van der Waals surface area contributed by atoms with Crippen molar-refractivity contribution in [3.8, 4) is 0 Å². The highest BCUT2D eigenvalue weighted by atomic mass is 15.0. The van der Waals surface area contributed by atoms with Gasteiger partial charge in [0.1, 0.15) is 5.82 Å². The molecular weight excluding hydrogens is 136 g/mol. The Kier molecular flexibility index (Phi) is 2.44. The van der Waals surface area contributed by atoms with Crippen molar-refractivity contribution in [2.45, 2.75) is 0 Å². The molecule has 56 valence electrons. The molecule has 11 heavy (non-hydrogen) atoms. The second-order valence-electron chi connectivity index (χ2n) is 1.97. The molecule has 0 aliphatic carbocycles. The quantitative estimate of drug-likeness (QED) is 0.583. The standard InChI is InChI=1S/C9H10N2/c1-3-7-10-9-6-5-8-11(9)4-2/h3-8H,1-2H2. The number of hydrogen-bond acceptors (Lipinski definition) is 1. The van der Waals surface area contributed by atoms with Gasteiger partial charge in [0.15, 0.2) is 0 Å². The Hall–Kier alpha value is -1.57. The summed E-state index contributed by atoms with van der Waals surface area (Å²) in [5.41, 5.74) is 0. The van der Waals surface area contributed by atoms with Crippen molar-refractivity contribution in [3.63, 3.8) is 0 Å². The van der Waals surface area contributed by atoms with E-state index >= 15 is 0 Å². The van der Waals surface area contributed by atoms with Crippen LogP contribution in [0.5, 0.6) is 0 Å². The van der Waals surface area contributed by atoms with E-state index in [1.807, 2.05) is 22.9 Å². The summed E-state index contributed by atoms with van der Waals surface area (Å²) in [6.45, 7) is 7.17. The summed E-state index contributed by atoms with van der Waals surface area (Å²) >= 11 is 0. The predicted octanol–water partition coefficient (Wildman–Crippen LogP) is 2.48. The number of hydrogen-bond donors (Lipinski definition) is 0. The Morgan fingerprint density at radius 1 is 1.45 bits per heavy atom. The average molecular weight is 146 g/mol. The Balaban J connectivity index is 2.92. The number of aromatic nitrogens is 1. The summed E-state index contributed by atoms with van der Waals surface area (Å²) in [5, 5.41) is 0. The summed E-state index contributed by atoms with van der Waals surface area (Å²) in [6, 6.07) is 3.82. The van der Waals surface area contributed by atoms with Gasteiger partial charge in [0.25, 0.3) is 0 Å². The first-order valence-electron chi connectivity index (χ1n) is 3.33. The van der Waals surface area contributed by atoms with Gasteiger partial charge in [-0.25, -0.2) is 4.99 Å². The highest BCUT2D eigenvalue weighted by molar-refractivity contribution is 5.73. The molecule has 0 N–H and O–H groups in total. The van der Waals surface area contributed by atoms with Gasteiger partial charge in [-0.2, -0.15) is 0 Å². The number of aliphatic imine (C=N–C) groups is 1. The third-order valence-corrected chi connectivity index (χ3v) is 1.27. The fraction of sp³-hybridized carbons (Fsp3) is 0. The Bertz CT molecular complexity index is 282. The van der Waals surface area contributed by atoms with Gasteiger partial charge in [-0.1, -0.05) is 19.2 Å². The first-order valence-corrected chi connectivity index (χ1v) is 3.33. The van der Waals surface area contributed by atoms with Gasteiger partial charge in [-0.15, -0.1) is 0 Å². The van der Waals surface area contributed by atoms with E-state index < -0.39 is 0 Å². The Labute approximate surface area is 66.2 Å². The topological polar surface area (TPSA) is 17.3 Å². The predicted molar refractivity (Wildman–Crippen MR) is 49.2 cm³/mol. The summed E-state index contributed by atoms with van der Waals surface area (Å²) < 4.78 is 1.83. The largest absolute Gasteiger partial charge is 0.309 e. The maximum Gasteiger partial charge on any atom is 0.136 e. The lowest BCUT2D eigenvalue weighted by atomic mass is 10.6. The molecule has 0 atom stereocenters. The molecule has 0 aliphatic rings. The second-order valence-corrected chi connectivity index (χ2v) is 1.97. The van der Waals surface area contributed by atoms with Crippen LogP contribution in [0.4, 0.5) is 5.82 Å². The highest BCUT2D eigenvalue weighted by Gasteiger charge is 1.90. The van der Waals surface area contributed by atoms with Gasteiger partial charge in [-0.05, 0) is 12.1 Å². The van der Waals surface area contributed by atoms with Crippen LogP contribution in [0.3, 0.4) is 0 Å². The van der Waals surface area contributed by atoms with Gasteiger partial charge in [0.2, 0.25) is 0 Å². The molecule has 0 bridgehead atoms. The molecule has 1 aromatic heterocycles. The van der Waals surface area contributed by atoms with Gasteiger partial charge in [-0.3, -0.25) is 0 Å². The van der Waals surface area contributed by atoms with Crippen molar-refractivity contribution >= 4 is 18.2 Å². The van der Waals surface area contributed by atoms with Crippen LogP contribution in [0.1, 0.15) is 0 Å². The van der Waals surface area contributed by atoms with Crippen molar-refractivity contribution < 1.29 is 0 Å². The lowest BCUT2D eigenvalue weighted by Gasteiger charge is -1.94. The van der Waals surface area contributed by atoms with Crippen molar-refractivity contribution in [1.82, 2.24) is 4.57 Å². The summed E-state index contributed by atoms with van der Waals surface area (Å²) in [6.07, 6.45) is 6.88. The summed E-state index contributed by atoms with van der Waals surface area (Å²) in [4.78, 5) is 4.10. The van der Waals surface area contributed by atoms with Crippen molar-refractivity contribution in [1.29, 1.82) is 0 Å². The highest BCUT2D eigenvalue weighted by Crippen LogP contribution is 2.11. The van der Waals surface area contributed by atoms with E-state index in [4.69, 9.17) is 0 Å². The van der Waals surface area contributed by atoms with Crippen LogP contribution in [-0.4, -0.2) is 10.8 Å². The molecule has 0 unspecified atom stereocenters. The van der Waals surface area contributed by atoms with Gasteiger partial charge < -0.3 is 4.57 Å². The molecule has 0 spiro atoms. The van der Waals surface area contributed by atoms with Gasteiger partial charge in [0.05, 0.1) is 0 Å². The smallest absolute Gasteiger partial charge is 0.136 e. The maximum atomic E-state index is 4.10. The zero-order valence-electron chi connectivity index (χ0n) is 6.27. The van der Waals surface area contributed by atoms with E-state index in [1.165, 1.54) is 0 Å². The van der Waals surface area contributed by atoms with E-state index in [0.29, 0.717) is 0 Å². The van der Waals surface area contributed by atoms with Crippen LogP contribution in [-0.2, 0) is 0 Å². The van der Waals surface area contributed by atoms with Crippen LogP contribution in [0.15, 0.2) is 42.6 Å². The molecule has 0 aliphatic heterocycles. The average Bonchev–Trinajstić information content (AvgIpc) is 2.47. The summed E-state index contributed by atoms with van der Waals surface area (Å²) in [7, 11) is 0. The Morgan fingerprint density at radius 2 is 2.27 bits per heavy atom. The maximum absolute atomic E-state index is 4.10. The van der Waals surface area contributed by atoms with E-state index in [9.17, 15) is 0 Å². The molecule has 2 heteroatoms. The molecule has 0 fully saturated rings. The lowest BCUT2D eigenvalue weighted by Crippen LogP contribution is -1.79.